The van der Waals surface area contributed by atoms with Crippen molar-refractivity contribution in [1.29, 1.82) is 0 Å². The lowest BCUT2D eigenvalue weighted by atomic mass is 10.1. The quantitative estimate of drug-likeness (QED) is 0.182. The molecule has 0 aliphatic heterocycles. The fourth-order valence-corrected chi connectivity index (χ4v) is 3.59. The van der Waals surface area contributed by atoms with Crippen molar-refractivity contribution >= 4 is 56.7 Å². The predicted octanol–water partition coefficient (Wildman–Crippen LogP) is 6.10. The van der Waals surface area contributed by atoms with Crippen LogP contribution in [-0.4, -0.2) is 10.1 Å². The Hall–Kier alpha value is -3.21. The fourth-order valence-electron chi connectivity index (χ4n) is 3.16. The number of fused-ring (bicyclic) bond motifs is 1. The summed E-state index contributed by atoms with van der Waals surface area (Å²) in [6.07, 6.45) is 3.69. The van der Waals surface area contributed by atoms with E-state index in [4.69, 9.17) is 23.8 Å². The summed E-state index contributed by atoms with van der Waals surface area (Å²) in [7, 11) is 0. The monoisotopic (exact) mass is 417 g/mol. The molecule has 0 radical (unpaired) electrons. The average Bonchev–Trinajstić information content (AvgIpc) is 2.75. The number of benzene rings is 3. The van der Waals surface area contributed by atoms with Gasteiger partial charge in [0.2, 0.25) is 0 Å². The number of nitrogens with zero attached hydrogens (tertiary/aromatic N) is 1. The third-order valence-electron chi connectivity index (χ3n) is 4.57. The molecule has 3 aromatic carbocycles. The SMILES string of the molecule is O/C(=C(\C(=S)Nc1cccc2ccccc12)[n+]1ccccc1)c1ccc(Cl)cc1. The van der Waals surface area contributed by atoms with Crippen LogP contribution in [0.1, 0.15) is 5.56 Å². The van der Waals surface area contributed by atoms with Crippen molar-refractivity contribution in [2.45, 2.75) is 0 Å². The van der Waals surface area contributed by atoms with Gasteiger partial charge in [-0.2, -0.15) is 4.57 Å². The second kappa shape index (κ2) is 8.43. The van der Waals surface area contributed by atoms with E-state index in [1.165, 1.54) is 0 Å². The lowest BCUT2D eigenvalue weighted by Gasteiger charge is -2.12. The Morgan fingerprint density at radius 1 is 0.828 bits per heavy atom. The number of hydrogen-bond acceptors (Lipinski definition) is 2. The van der Waals surface area contributed by atoms with E-state index in [9.17, 15) is 5.11 Å². The lowest BCUT2D eigenvalue weighted by molar-refractivity contribution is -0.575. The molecule has 0 bridgehead atoms. The van der Waals surface area contributed by atoms with Gasteiger partial charge in [0.15, 0.2) is 23.1 Å². The summed E-state index contributed by atoms with van der Waals surface area (Å²) >= 11 is 11.7. The summed E-state index contributed by atoms with van der Waals surface area (Å²) in [5, 5.41) is 17.2. The van der Waals surface area contributed by atoms with Crippen LogP contribution in [0.5, 0.6) is 0 Å². The van der Waals surface area contributed by atoms with Crippen LogP contribution in [-0.2, 0) is 0 Å². The number of pyridine rings is 1. The molecular formula is C24H18ClN2OS+. The smallest absolute Gasteiger partial charge is 0.288 e. The molecule has 3 nitrogen and oxygen atoms in total. The van der Waals surface area contributed by atoms with Gasteiger partial charge in [0.1, 0.15) is 0 Å². The van der Waals surface area contributed by atoms with E-state index < -0.39 is 0 Å². The molecule has 4 rings (SSSR count). The number of anilines is 1. The van der Waals surface area contributed by atoms with Gasteiger partial charge in [-0.3, -0.25) is 0 Å². The summed E-state index contributed by atoms with van der Waals surface area (Å²) < 4.78 is 1.80. The van der Waals surface area contributed by atoms with E-state index in [1.807, 2.05) is 60.9 Å². The zero-order valence-corrected chi connectivity index (χ0v) is 17.0. The first kappa shape index (κ1) is 19.1. The second-order valence-electron chi connectivity index (χ2n) is 6.47. The highest BCUT2D eigenvalue weighted by Gasteiger charge is 2.24. The Kier molecular flexibility index (Phi) is 5.56. The van der Waals surface area contributed by atoms with Gasteiger partial charge in [0.25, 0.3) is 5.70 Å². The van der Waals surface area contributed by atoms with Gasteiger partial charge in [-0.25, -0.2) is 0 Å². The zero-order chi connectivity index (χ0) is 20.2. The number of rotatable bonds is 4. The minimum Gasteiger partial charge on any atom is -0.502 e. The van der Waals surface area contributed by atoms with Gasteiger partial charge >= 0.3 is 0 Å². The number of halogens is 1. The molecule has 0 atom stereocenters. The maximum atomic E-state index is 11.1. The molecule has 29 heavy (non-hydrogen) atoms. The van der Waals surface area contributed by atoms with Crippen LogP contribution < -0.4 is 9.88 Å². The fraction of sp³-hybridized carbons (Fsp3) is 0. The van der Waals surface area contributed by atoms with Crippen molar-refractivity contribution in [3.05, 3.63) is 108 Å². The molecule has 0 unspecified atom stereocenters. The van der Waals surface area contributed by atoms with Gasteiger partial charge in [-0.1, -0.05) is 66.3 Å². The highest BCUT2D eigenvalue weighted by molar-refractivity contribution is 7.81. The summed E-state index contributed by atoms with van der Waals surface area (Å²) in [6.45, 7) is 0. The van der Waals surface area contributed by atoms with Crippen LogP contribution in [0.4, 0.5) is 5.69 Å². The first-order valence-corrected chi connectivity index (χ1v) is 9.87. The highest BCUT2D eigenvalue weighted by atomic mass is 35.5. The van der Waals surface area contributed by atoms with Gasteiger partial charge in [0.05, 0.1) is 0 Å². The molecule has 1 heterocycles. The number of hydrogen-bond donors (Lipinski definition) is 2. The van der Waals surface area contributed by atoms with Crippen molar-refractivity contribution in [1.82, 2.24) is 0 Å². The molecule has 5 heteroatoms. The molecule has 1 aromatic heterocycles. The molecular weight excluding hydrogens is 400 g/mol. The van der Waals surface area contributed by atoms with Crippen molar-refractivity contribution in [3.63, 3.8) is 0 Å². The van der Waals surface area contributed by atoms with Gasteiger partial charge in [-0.15, -0.1) is 0 Å². The van der Waals surface area contributed by atoms with E-state index in [0.29, 0.717) is 21.3 Å². The van der Waals surface area contributed by atoms with Crippen LogP contribution in [0.2, 0.25) is 5.02 Å². The maximum absolute atomic E-state index is 11.1. The van der Waals surface area contributed by atoms with Crippen molar-refractivity contribution < 1.29 is 9.67 Å². The minimum absolute atomic E-state index is 0.0654. The molecule has 0 aliphatic rings. The Labute approximate surface area is 179 Å². The molecule has 2 N–H and O–H groups in total. The molecule has 0 spiro atoms. The van der Waals surface area contributed by atoms with Crippen LogP contribution in [0, 0.1) is 0 Å². The van der Waals surface area contributed by atoms with Crippen molar-refractivity contribution in [2.75, 3.05) is 5.32 Å². The summed E-state index contributed by atoms with van der Waals surface area (Å²) in [4.78, 5) is 0.407. The average molecular weight is 418 g/mol. The van der Waals surface area contributed by atoms with Crippen LogP contribution in [0.15, 0.2) is 97.3 Å². The Morgan fingerprint density at radius 2 is 1.52 bits per heavy atom. The topological polar surface area (TPSA) is 36.1 Å². The molecule has 0 amide bonds. The number of nitrogens with one attached hydrogen (secondary N) is 1. The molecule has 0 saturated carbocycles. The zero-order valence-electron chi connectivity index (χ0n) is 15.4. The van der Waals surface area contributed by atoms with Gasteiger partial charge < -0.3 is 10.4 Å². The maximum Gasteiger partial charge on any atom is 0.288 e. The number of aliphatic hydroxyl groups excluding tert-OH is 1. The number of aromatic nitrogens is 1. The Bertz CT molecular complexity index is 1200. The van der Waals surface area contributed by atoms with E-state index in [1.54, 1.807) is 28.8 Å². The van der Waals surface area contributed by atoms with Crippen LogP contribution in [0.25, 0.3) is 22.2 Å². The summed E-state index contributed by atoms with van der Waals surface area (Å²) in [5.74, 6) is 0.0654. The number of aliphatic hydroxyl groups is 1. The Balaban J connectivity index is 1.80. The van der Waals surface area contributed by atoms with Crippen molar-refractivity contribution in [2.24, 2.45) is 0 Å². The first-order valence-electron chi connectivity index (χ1n) is 9.08. The third-order valence-corrected chi connectivity index (χ3v) is 5.12. The van der Waals surface area contributed by atoms with E-state index in [2.05, 4.69) is 17.4 Å². The van der Waals surface area contributed by atoms with E-state index in [0.717, 1.165) is 16.5 Å². The van der Waals surface area contributed by atoms with Crippen LogP contribution >= 0.6 is 23.8 Å². The lowest BCUT2D eigenvalue weighted by Crippen LogP contribution is -2.38. The van der Waals surface area contributed by atoms with Crippen LogP contribution in [0.3, 0.4) is 0 Å². The Morgan fingerprint density at radius 3 is 2.28 bits per heavy atom. The number of thiocarbonyl (C=S) groups is 1. The molecule has 0 saturated heterocycles. The largest absolute Gasteiger partial charge is 0.502 e. The van der Waals surface area contributed by atoms with Crippen molar-refractivity contribution in [3.8, 4) is 0 Å². The minimum atomic E-state index is 0.0654. The van der Waals surface area contributed by atoms with E-state index in [-0.39, 0.29) is 5.76 Å². The summed E-state index contributed by atoms with van der Waals surface area (Å²) in [5.41, 5.74) is 1.99. The standard InChI is InChI=1S/C24H17ClN2OS/c25-19-13-11-18(12-14-19)23(28)22(27-15-4-1-5-16-27)24(29)26-21-10-6-8-17-7-2-3-9-20(17)21/h1-16H,(H-,26,28,29)/p+1. The molecule has 0 aliphatic carbocycles. The normalized spacial score (nSPS) is 11.8. The third kappa shape index (κ3) is 4.14. The second-order valence-corrected chi connectivity index (χ2v) is 7.31. The summed E-state index contributed by atoms with van der Waals surface area (Å²) in [6, 6.07) is 26.8. The molecule has 142 valence electrons. The molecule has 0 fully saturated rings. The van der Waals surface area contributed by atoms with E-state index >= 15 is 0 Å². The van der Waals surface area contributed by atoms with Gasteiger partial charge in [0, 0.05) is 33.8 Å². The van der Waals surface area contributed by atoms with Gasteiger partial charge in [-0.05, 0) is 35.7 Å². The molecule has 4 aromatic rings. The predicted molar refractivity (Wildman–Crippen MR) is 124 cm³/mol. The first-order chi connectivity index (χ1) is 14.1. The highest BCUT2D eigenvalue weighted by Crippen LogP contribution is 2.25.